The second-order valence-electron chi connectivity index (χ2n) is 12.1. The van der Waals surface area contributed by atoms with Gasteiger partial charge in [-0.15, -0.1) is 0 Å². The van der Waals surface area contributed by atoms with Gasteiger partial charge in [-0.05, 0) is 91.9 Å². The Bertz CT molecular complexity index is 2040. The number of nitriles is 1. The van der Waals surface area contributed by atoms with Crippen LogP contribution in [0.1, 0.15) is 48.6 Å². The third-order valence-corrected chi connectivity index (χ3v) is 9.64. The predicted molar refractivity (Wildman–Crippen MR) is 179 cm³/mol. The van der Waals surface area contributed by atoms with Crippen molar-refractivity contribution in [2.45, 2.75) is 31.6 Å². The van der Waals surface area contributed by atoms with Gasteiger partial charge in [0.2, 0.25) is 0 Å². The molecular formula is C42H33N. The van der Waals surface area contributed by atoms with Gasteiger partial charge in [0.1, 0.15) is 0 Å². The summed E-state index contributed by atoms with van der Waals surface area (Å²) in [4.78, 5) is 0. The van der Waals surface area contributed by atoms with Crippen LogP contribution in [0.25, 0.3) is 33.4 Å². The van der Waals surface area contributed by atoms with Gasteiger partial charge < -0.3 is 0 Å². The van der Waals surface area contributed by atoms with E-state index in [2.05, 4.69) is 137 Å². The third-order valence-electron chi connectivity index (χ3n) is 9.64. The summed E-state index contributed by atoms with van der Waals surface area (Å²) in [5, 5.41) is 9.71. The standard InChI is InChI=1S/C42H33N/c1-5-6-19-36-28(2)42(40-22-12-11-21-39(40)41(36,3)4)37-20-10-9-18-34(37)35-26-30(23-24-38(35)42)29-15-13-16-31(25-29)33-17-8-7-14-32(33)27-43/h5-26H,1H2,2-4H3/b19-6-. The maximum atomic E-state index is 9.71. The van der Waals surface area contributed by atoms with Gasteiger partial charge in [0, 0.05) is 5.41 Å². The SMILES string of the molecule is C=C/C=C\C1=C(C)C2(c3ccccc3-c3cc(-c4cccc(-c5ccccc5C#N)c4)ccc32)c2ccccc2C1(C)C. The highest BCUT2D eigenvalue weighted by atomic mass is 14.5. The van der Waals surface area contributed by atoms with E-state index in [1.165, 1.54) is 50.1 Å². The Morgan fingerprint density at radius 2 is 1.26 bits per heavy atom. The van der Waals surface area contributed by atoms with Crippen LogP contribution in [0.3, 0.4) is 0 Å². The Kier molecular flexibility index (Phi) is 6.19. The quantitative estimate of drug-likeness (QED) is 0.204. The fourth-order valence-electron chi connectivity index (χ4n) is 7.73. The van der Waals surface area contributed by atoms with Crippen LogP contribution in [-0.4, -0.2) is 0 Å². The summed E-state index contributed by atoms with van der Waals surface area (Å²) in [5.74, 6) is 0. The fourth-order valence-corrected chi connectivity index (χ4v) is 7.73. The minimum absolute atomic E-state index is 0.150. The van der Waals surface area contributed by atoms with Crippen LogP contribution in [0.4, 0.5) is 0 Å². The molecule has 0 N–H and O–H groups in total. The van der Waals surface area contributed by atoms with E-state index in [4.69, 9.17) is 0 Å². The van der Waals surface area contributed by atoms with Crippen LogP contribution < -0.4 is 0 Å². The lowest BCUT2D eigenvalue weighted by molar-refractivity contribution is 0.558. The number of hydrogen-bond donors (Lipinski definition) is 0. The number of fused-ring (bicyclic) bond motifs is 7. The maximum absolute atomic E-state index is 9.71. The molecule has 0 aromatic heterocycles. The van der Waals surface area contributed by atoms with E-state index in [0.29, 0.717) is 5.56 Å². The van der Waals surface area contributed by atoms with Crippen LogP contribution in [0.2, 0.25) is 0 Å². The van der Waals surface area contributed by atoms with Gasteiger partial charge >= 0.3 is 0 Å². The summed E-state index contributed by atoms with van der Waals surface area (Å²) < 4.78 is 0. The molecule has 43 heavy (non-hydrogen) atoms. The highest BCUT2D eigenvalue weighted by molar-refractivity contribution is 5.90. The molecule has 206 valence electrons. The van der Waals surface area contributed by atoms with E-state index in [1.54, 1.807) is 0 Å². The van der Waals surface area contributed by atoms with Crippen LogP contribution in [0, 0.1) is 11.3 Å². The van der Waals surface area contributed by atoms with Crippen LogP contribution in [-0.2, 0) is 10.8 Å². The molecule has 1 atom stereocenters. The monoisotopic (exact) mass is 551 g/mol. The summed E-state index contributed by atoms with van der Waals surface area (Å²) >= 11 is 0. The fraction of sp³-hybridized carbons (Fsp3) is 0.119. The molecule has 2 aliphatic carbocycles. The lowest BCUT2D eigenvalue weighted by Crippen LogP contribution is -2.40. The Labute approximate surface area is 254 Å². The summed E-state index contributed by atoms with van der Waals surface area (Å²) in [6.45, 7) is 11.0. The zero-order chi connectivity index (χ0) is 29.8. The first kappa shape index (κ1) is 26.7. The third kappa shape index (κ3) is 3.77. The molecule has 0 amide bonds. The Hall–Kier alpha value is -5.19. The molecular weight excluding hydrogens is 518 g/mol. The molecule has 7 rings (SSSR count). The van der Waals surface area contributed by atoms with Crippen LogP contribution in [0.15, 0.2) is 151 Å². The van der Waals surface area contributed by atoms with E-state index >= 15 is 0 Å². The predicted octanol–water partition coefficient (Wildman–Crippen LogP) is 10.6. The van der Waals surface area contributed by atoms with Crippen molar-refractivity contribution in [3.05, 3.63) is 179 Å². The lowest BCUT2D eigenvalue weighted by Gasteiger charge is -2.46. The van der Waals surface area contributed by atoms with Crippen molar-refractivity contribution in [1.82, 2.24) is 0 Å². The molecule has 1 spiro atoms. The zero-order valence-corrected chi connectivity index (χ0v) is 24.9. The molecule has 0 fully saturated rings. The van der Waals surface area contributed by atoms with Gasteiger partial charge in [0.05, 0.1) is 17.0 Å². The highest BCUT2D eigenvalue weighted by Gasteiger charge is 2.52. The molecule has 1 unspecified atom stereocenters. The molecule has 0 aliphatic heterocycles. The van der Waals surface area contributed by atoms with Crippen molar-refractivity contribution < 1.29 is 0 Å². The Morgan fingerprint density at radius 1 is 0.628 bits per heavy atom. The topological polar surface area (TPSA) is 23.8 Å². The van der Waals surface area contributed by atoms with Crippen molar-refractivity contribution in [3.8, 4) is 39.4 Å². The highest BCUT2D eigenvalue weighted by Crippen LogP contribution is 2.62. The van der Waals surface area contributed by atoms with E-state index in [0.717, 1.165) is 16.7 Å². The van der Waals surface area contributed by atoms with Gasteiger partial charge in [0.15, 0.2) is 0 Å². The van der Waals surface area contributed by atoms with Crippen molar-refractivity contribution in [2.75, 3.05) is 0 Å². The van der Waals surface area contributed by atoms with Crippen molar-refractivity contribution in [3.63, 3.8) is 0 Å². The summed E-state index contributed by atoms with van der Waals surface area (Å²) in [6.07, 6.45) is 6.21. The maximum Gasteiger partial charge on any atom is 0.0998 e. The van der Waals surface area contributed by atoms with Crippen molar-refractivity contribution in [2.24, 2.45) is 0 Å². The van der Waals surface area contributed by atoms with E-state index in [-0.39, 0.29) is 10.8 Å². The smallest absolute Gasteiger partial charge is 0.0998 e. The minimum Gasteiger partial charge on any atom is -0.192 e. The largest absolute Gasteiger partial charge is 0.192 e. The first-order valence-corrected chi connectivity index (χ1v) is 14.9. The average molecular weight is 552 g/mol. The van der Waals surface area contributed by atoms with Gasteiger partial charge in [-0.1, -0.05) is 136 Å². The molecule has 5 aromatic rings. The first-order chi connectivity index (χ1) is 20.9. The molecule has 0 saturated heterocycles. The zero-order valence-electron chi connectivity index (χ0n) is 24.9. The number of hydrogen-bond acceptors (Lipinski definition) is 1. The second kappa shape index (κ2) is 9.97. The molecule has 5 aromatic carbocycles. The van der Waals surface area contributed by atoms with Crippen molar-refractivity contribution >= 4 is 0 Å². The molecule has 2 aliphatic rings. The number of benzene rings is 5. The normalized spacial score (nSPS) is 17.8. The number of nitrogens with zero attached hydrogens (tertiary/aromatic N) is 1. The number of rotatable bonds is 4. The van der Waals surface area contributed by atoms with Gasteiger partial charge in [-0.2, -0.15) is 5.26 Å². The minimum atomic E-state index is -0.384. The van der Waals surface area contributed by atoms with E-state index in [9.17, 15) is 5.26 Å². The lowest BCUT2D eigenvalue weighted by atomic mass is 9.56. The van der Waals surface area contributed by atoms with E-state index < -0.39 is 0 Å². The number of allylic oxidation sites excluding steroid dienone is 5. The van der Waals surface area contributed by atoms with Gasteiger partial charge in [-0.25, -0.2) is 0 Å². The second-order valence-corrected chi connectivity index (χ2v) is 12.1. The van der Waals surface area contributed by atoms with Gasteiger partial charge in [0.25, 0.3) is 0 Å². The molecule has 0 radical (unpaired) electrons. The molecule has 0 heterocycles. The molecule has 1 nitrogen and oxygen atoms in total. The average Bonchev–Trinajstić information content (AvgIpc) is 3.34. The summed E-state index contributed by atoms with van der Waals surface area (Å²) in [6, 6.07) is 43.7. The molecule has 0 bridgehead atoms. The van der Waals surface area contributed by atoms with Crippen molar-refractivity contribution in [1.29, 1.82) is 5.26 Å². The first-order valence-electron chi connectivity index (χ1n) is 14.9. The van der Waals surface area contributed by atoms with Crippen LogP contribution in [0.5, 0.6) is 0 Å². The molecule has 1 heteroatoms. The van der Waals surface area contributed by atoms with Gasteiger partial charge in [-0.3, -0.25) is 0 Å². The van der Waals surface area contributed by atoms with E-state index in [1.807, 2.05) is 30.3 Å². The van der Waals surface area contributed by atoms with Crippen LogP contribution >= 0.6 is 0 Å². The Morgan fingerprint density at radius 3 is 2.02 bits per heavy atom. The summed E-state index contributed by atoms with van der Waals surface area (Å²) in [7, 11) is 0. The molecule has 0 saturated carbocycles. The Balaban J connectivity index is 1.49. The summed E-state index contributed by atoms with van der Waals surface area (Å²) in [5.41, 5.74) is 15.1.